The SMILES string of the molecule is CC(Nc1ccc(N(C)C)cc1)C1CCCN(C)C1. The number of benzene rings is 1. The molecule has 0 aliphatic carbocycles. The van der Waals surface area contributed by atoms with Crippen LogP contribution in [0.2, 0.25) is 0 Å². The number of likely N-dealkylation sites (tertiary alicyclic amines) is 1. The number of anilines is 2. The average molecular weight is 261 g/mol. The second kappa shape index (κ2) is 6.29. The van der Waals surface area contributed by atoms with Gasteiger partial charge in [0.15, 0.2) is 0 Å². The summed E-state index contributed by atoms with van der Waals surface area (Å²) in [6, 6.07) is 9.23. The van der Waals surface area contributed by atoms with Gasteiger partial charge in [0.1, 0.15) is 0 Å². The normalized spacial score (nSPS) is 22.0. The van der Waals surface area contributed by atoms with Crippen LogP contribution in [0.3, 0.4) is 0 Å². The summed E-state index contributed by atoms with van der Waals surface area (Å²) in [5.41, 5.74) is 2.47. The highest BCUT2D eigenvalue weighted by atomic mass is 15.1. The highest BCUT2D eigenvalue weighted by Gasteiger charge is 2.22. The Balaban J connectivity index is 1.92. The maximum atomic E-state index is 3.65. The zero-order valence-corrected chi connectivity index (χ0v) is 12.7. The average Bonchev–Trinajstić information content (AvgIpc) is 2.39. The van der Waals surface area contributed by atoms with Crippen LogP contribution in [-0.4, -0.2) is 45.2 Å². The van der Waals surface area contributed by atoms with Crippen molar-refractivity contribution < 1.29 is 0 Å². The third kappa shape index (κ3) is 3.87. The van der Waals surface area contributed by atoms with Gasteiger partial charge in [0.2, 0.25) is 0 Å². The molecule has 0 radical (unpaired) electrons. The lowest BCUT2D eigenvalue weighted by Gasteiger charge is -2.34. The molecule has 0 amide bonds. The van der Waals surface area contributed by atoms with E-state index in [0.717, 1.165) is 5.92 Å². The van der Waals surface area contributed by atoms with Crippen LogP contribution in [0.1, 0.15) is 19.8 Å². The van der Waals surface area contributed by atoms with Gasteiger partial charge in [0.05, 0.1) is 0 Å². The van der Waals surface area contributed by atoms with Gasteiger partial charge in [0, 0.05) is 38.1 Å². The summed E-state index contributed by atoms with van der Waals surface area (Å²) in [7, 11) is 6.37. The first-order chi connectivity index (χ1) is 9.06. The number of nitrogens with zero attached hydrogens (tertiary/aromatic N) is 2. The molecule has 1 N–H and O–H groups in total. The first-order valence-electron chi connectivity index (χ1n) is 7.28. The molecule has 1 aromatic rings. The molecule has 1 heterocycles. The van der Waals surface area contributed by atoms with Crippen LogP contribution in [0.5, 0.6) is 0 Å². The standard InChI is InChI=1S/C16H27N3/c1-13(14-6-5-11-19(4)12-14)17-15-7-9-16(10-8-15)18(2)3/h7-10,13-14,17H,5-6,11-12H2,1-4H3. The Bertz CT molecular complexity index is 385. The molecule has 19 heavy (non-hydrogen) atoms. The molecule has 2 atom stereocenters. The fraction of sp³-hybridized carbons (Fsp3) is 0.625. The summed E-state index contributed by atoms with van der Waals surface area (Å²) in [4.78, 5) is 4.57. The topological polar surface area (TPSA) is 18.5 Å². The lowest BCUT2D eigenvalue weighted by molar-refractivity contribution is 0.197. The fourth-order valence-electron chi connectivity index (χ4n) is 2.85. The molecule has 1 aliphatic rings. The van der Waals surface area contributed by atoms with E-state index in [1.165, 1.54) is 37.3 Å². The largest absolute Gasteiger partial charge is 0.382 e. The number of nitrogens with one attached hydrogen (secondary N) is 1. The van der Waals surface area contributed by atoms with E-state index in [1.54, 1.807) is 0 Å². The molecule has 0 spiro atoms. The smallest absolute Gasteiger partial charge is 0.0362 e. The van der Waals surface area contributed by atoms with Crippen LogP contribution in [0.15, 0.2) is 24.3 Å². The molecule has 3 nitrogen and oxygen atoms in total. The Morgan fingerprint density at radius 2 is 1.95 bits per heavy atom. The third-order valence-electron chi connectivity index (χ3n) is 4.15. The number of rotatable bonds is 4. The summed E-state index contributed by atoms with van der Waals surface area (Å²) in [6.07, 6.45) is 2.67. The zero-order valence-electron chi connectivity index (χ0n) is 12.7. The van der Waals surface area contributed by atoms with Crippen LogP contribution >= 0.6 is 0 Å². The predicted octanol–water partition coefficient (Wildman–Crippen LogP) is 2.89. The van der Waals surface area contributed by atoms with E-state index >= 15 is 0 Å². The van der Waals surface area contributed by atoms with E-state index in [0.29, 0.717) is 6.04 Å². The molecular weight excluding hydrogens is 234 g/mol. The van der Waals surface area contributed by atoms with Crippen molar-refractivity contribution in [3.05, 3.63) is 24.3 Å². The predicted molar refractivity (Wildman–Crippen MR) is 84.1 cm³/mol. The Kier molecular flexibility index (Phi) is 4.70. The molecule has 1 saturated heterocycles. The number of hydrogen-bond acceptors (Lipinski definition) is 3. The van der Waals surface area contributed by atoms with Crippen LogP contribution in [0, 0.1) is 5.92 Å². The molecular formula is C16H27N3. The third-order valence-corrected chi connectivity index (χ3v) is 4.15. The van der Waals surface area contributed by atoms with Gasteiger partial charge in [-0.25, -0.2) is 0 Å². The summed E-state index contributed by atoms with van der Waals surface area (Å²) < 4.78 is 0. The van der Waals surface area contributed by atoms with Gasteiger partial charge in [-0.2, -0.15) is 0 Å². The van der Waals surface area contributed by atoms with Crippen LogP contribution in [-0.2, 0) is 0 Å². The lowest BCUT2D eigenvalue weighted by Crippen LogP contribution is -2.39. The molecule has 1 fully saturated rings. The van der Waals surface area contributed by atoms with Crippen molar-refractivity contribution in [2.75, 3.05) is 44.4 Å². The van der Waals surface area contributed by atoms with Crippen molar-refractivity contribution in [3.63, 3.8) is 0 Å². The van der Waals surface area contributed by atoms with Crippen LogP contribution in [0.25, 0.3) is 0 Å². The molecule has 106 valence electrons. The van der Waals surface area contributed by atoms with Gasteiger partial charge in [-0.15, -0.1) is 0 Å². The van der Waals surface area contributed by atoms with E-state index in [9.17, 15) is 0 Å². The summed E-state index contributed by atoms with van der Waals surface area (Å²) in [6.45, 7) is 4.77. The first kappa shape index (κ1) is 14.2. The van der Waals surface area contributed by atoms with Crippen molar-refractivity contribution in [1.82, 2.24) is 4.90 Å². The minimum Gasteiger partial charge on any atom is -0.382 e. The fourth-order valence-corrected chi connectivity index (χ4v) is 2.85. The second-order valence-corrected chi connectivity index (χ2v) is 6.04. The molecule has 1 aromatic carbocycles. The lowest BCUT2D eigenvalue weighted by atomic mass is 9.92. The minimum atomic E-state index is 0.535. The van der Waals surface area contributed by atoms with Crippen molar-refractivity contribution in [1.29, 1.82) is 0 Å². The molecule has 0 saturated carbocycles. The number of piperidine rings is 1. The van der Waals surface area contributed by atoms with E-state index in [4.69, 9.17) is 0 Å². The van der Waals surface area contributed by atoms with Crippen molar-refractivity contribution in [2.24, 2.45) is 5.92 Å². The molecule has 2 unspecified atom stereocenters. The highest BCUT2D eigenvalue weighted by Crippen LogP contribution is 2.22. The van der Waals surface area contributed by atoms with Gasteiger partial charge in [-0.3, -0.25) is 0 Å². The second-order valence-electron chi connectivity index (χ2n) is 6.04. The zero-order chi connectivity index (χ0) is 13.8. The Morgan fingerprint density at radius 1 is 1.26 bits per heavy atom. The quantitative estimate of drug-likeness (QED) is 0.899. The van der Waals surface area contributed by atoms with Gasteiger partial charge in [-0.1, -0.05) is 0 Å². The summed E-state index contributed by atoms with van der Waals surface area (Å²) in [5.74, 6) is 0.757. The maximum absolute atomic E-state index is 3.65. The van der Waals surface area contributed by atoms with Gasteiger partial charge >= 0.3 is 0 Å². The molecule has 1 aliphatic heterocycles. The Hall–Kier alpha value is -1.22. The Morgan fingerprint density at radius 3 is 2.53 bits per heavy atom. The molecule has 3 heteroatoms. The van der Waals surface area contributed by atoms with E-state index in [-0.39, 0.29) is 0 Å². The van der Waals surface area contributed by atoms with E-state index in [2.05, 4.69) is 67.4 Å². The maximum Gasteiger partial charge on any atom is 0.0362 e. The minimum absolute atomic E-state index is 0.535. The van der Waals surface area contributed by atoms with Crippen molar-refractivity contribution >= 4 is 11.4 Å². The van der Waals surface area contributed by atoms with Crippen LogP contribution in [0.4, 0.5) is 11.4 Å². The summed E-state index contributed by atoms with van der Waals surface area (Å²) in [5, 5.41) is 3.65. The molecule has 0 bridgehead atoms. The van der Waals surface area contributed by atoms with Gasteiger partial charge < -0.3 is 15.1 Å². The van der Waals surface area contributed by atoms with E-state index in [1.807, 2.05) is 0 Å². The van der Waals surface area contributed by atoms with Crippen molar-refractivity contribution in [3.8, 4) is 0 Å². The van der Waals surface area contributed by atoms with Gasteiger partial charge in [-0.05, 0) is 63.5 Å². The first-order valence-corrected chi connectivity index (χ1v) is 7.28. The van der Waals surface area contributed by atoms with E-state index < -0.39 is 0 Å². The highest BCUT2D eigenvalue weighted by molar-refractivity contribution is 5.54. The number of hydrogen-bond donors (Lipinski definition) is 1. The molecule has 0 aromatic heterocycles. The molecule has 2 rings (SSSR count). The monoisotopic (exact) mass is 261 g/mol. The van der Waals surface area contributed by atoms with Crippen LogP contribution < -0.4 is 10.2 Å². The Labute approximate surface area is 117 Å². The van der Waals surface area contributed by atoms with Crippen molar-refractivity contribution in [2.45, 2.75) is 25.8 Å². The summed E-state index contributed by atoms with van der Waals surface area (Å²) >= 11 is 0. The van der Waals surface area contributed by atoms with Gasteiger partial charge in [0.25, 0.3) is 0 Å².